The van der Waals surface area contributed by atoms with E-state index in [1.54, 1.807) is 7.11 Å². The van der Waals surface area contributed by atoms with E-state index >= 15 is 0 Å². The molecule has 1 heterocycles. The summed E-state index contributed by atoms with van der Waals surface area (Å²) in [6.45, 7) is 3.82. The fourth-order valence-electron chi connectivity index (χ4n) is 1.66. The van der Waals surface area contributed by atoms with Gasteiger partial charge in [-0.3, -0.25) is 0 Å². The number of rotatable bonds is 4. The van der Waals surface area contributed by atoms with E-state index in [1.807, 2.05) is 25.1 Å². The highest BCUT2D eigenvalue weighted by Gasteiger charge is 2.19. The lowest BCUT2D eigenvalue weighted by atomic mass is 10.2. The minimum absolute atomic E-state index is 0.273. The van der Waals surface area contributed by atoms with E-state index in [4.69, 9.17) is 18.9 Å². The summed E-state index contributed by atoms with van der Waals surface area (Å²) < 4.78 is 21.6. The van der Waals surface area contributed by atoms with Crippen LogP contribution < -0.4 is 9.47 Å². The van der Waals surface area contributed by atoms with Gasteiger partial charge in [0.2, 0.25) is 0 Å². The molecule has 1 aromatic carbocycles. The Hall–Kier alpha value is -1.26. The maximum atomic E-state index is 5.49. The van der Waals surface area contributed by atoms with Crippen molar-refractivity contribution in [3.8, 4) is 11.5 Å². The third-order valence-corrected chi connectivity index (χ3v) is 2.38. The van der Waals surface area contributed by atoms with E-state index in [0.29, 0.717) is 19.8 Å². The normalized spacial score (nSPS) is 16.4. The Bertz CT molecular complexity index is 345. The molecular formula is C12H16O4. The maximum Gasteiger partial charge on any atom is 0.184 e. The highest BCUT2D eigenvalue weighted by atomic mass is 16.7. The Morgan fingerprint density at radius 1 is 1.25 bits per heavy atom. The zero-order valence-corrected chi connectivity index (χ0v) is 9.56. The van der Waals surface area contributed by atoms with Gasteiger partial charge in [0.1, 0.15) is 0 Å². The first-order valence-corrected chi connectivity index (χ1v) is 5.39. The Labute approximate surface area is 95.1 Å². The third-order valence-electron chi connectivity index (χ3n) is 2.38. The standard InChI is InChI=1S/C12H16O4/c1-3-14-11-8-9(4-5-10(11)13-2)12-15-6-7-16-12/h4-5,8,12H,3,6-7H2,1-2H3. The van der Waals surface area contributed by atoms with Crippen LogP contribution in [0.25, 0.3) is 0 Å². The average Bonchev–Trinajstić information content (AvgIpc) is 2.83. The Morgan fingerprint density at radius 3 is 2.62 bits per heavy atom. The molecule has 1 aliphatic rings. The molecule has 2 rings (SSSR count). The summed E-state index contributed by atoms with van der Waals surface area (Å²) in [5.74, 6) is 1.45. The third kappa shape index (κ3) is 2.28. The highest BCUT2D eigenvalue weighted by molar-refractivity contribution is 5.43. The van der Waals surface area contributed by atoms with Crippen LogP contribution in [0.2, 0.25) is 0 Å². The molecule has 0 amide bonds. The zero-order valence-electron chi connectivity index (χ0n) is 9.56. The van der Waals surface area contributed by atoms with Crippen molar-refractivity contribution in [1.82, 2.24) is 0 Å². The van der Waals surface area contributed by atoms with Crippen LogP contribution in [0.1, 0.15) is 18.8 Å². The molecule has 88 valence electrons. The van der Waals surface area contributed by atoms with Crippen LogP contribution in [0.4, 0.5) is 0 Å². The topological polar surface area (TPSA) is 36.9 Å². The van der Waals surface area contributed by atoms with Gasteiger partial charge in [-0.05, 0) is 19.1 Å². The molecule has 4 heteroatoms. The molecule has 1 saturated heterocycles. The van der Waals surface area contributed by atoms with E-state index < -0.39 is 0 Å². The van der Waals surface area contributed by atoms with Crippen LogP contribution in [0.15, 0.2) is 18.2 Å². The molecule has 0 bridgehead atoms. The highest BCUT2D eigenvalue weighted by Crippen LogP contribution is 2.32. The molecule has 0 unspecified atom stereocenters. The summed E-state index contributed by atoms with van der Waals surface area (Å²) in [6.07, 6.45) is -0.273. The van der Waals surface area contributed by atoms with Gasteiger partial charge >= 0.3 is 0 Å². The van der Waals surface area contributed by atoms with Crippen LogP contribution in [0, 0.1) is 0 Å². The van der Waals surface area contributed by atoms with E-state index in [0.717, 1.165) is 17.1 Å². The molecule has 4 nitrogen and oxygen atoms in total. The predicted molar refractivity (Wildman–Crippen MR) is 58.8 cm³/mol. The lowest BCUT2D eigenvalue weighted by Gasteiger charge is -2.13. The first kappa shape index (κ1) is 11.2. The summed E-state index contributed by atoms with van der Waals surface area (Å²) in [5, 5.41) is 0. The van der Waals surface area contributed by atoms with Gasteiger partial charge in [-0.25, -0.2) is 0 Å². The van der Waals surface area contributed by atoms with Gasteiger partial charge in [0.15, 0.2) is 17.8 Å². The second kappa shape index (κ2) is 5.18. The van der Waals surface area contributed by atoms with Gasteiger partial charge in [-0.1, -0.05) is 6.07 Å². The molecule has 1 fully saturated rings. The molecule has 0 spiro atoms. The van der Waals surface area contributed by atoms with E-state index in [1.165, 1.54) is 0 Å². The minimum Gasteiger partial charge on any atom is -0.493 e. The van der Waals surface area contributed by atoms with Crippen molar-refractivity contribution in [3.05, 3.63) is 23.8 Å². The minimum atomic E-state index is -0.273. The Balaban J connectivity index is 2.23. The van der Waals surface area contributed by atoms with E-state index in [2.05, 4.69) is 0 Å². The van der Waals surface area contributed by atoms with E-state index in [9.17, 15) is 0 Å². The smallest absolute Gasteiger partial charge is 0.184 e. The monoisotopic (exact) mass is 224 g/mol. The van der Waals surface area contributed by atoms with Crippen molar-refractivity contribution in [3.63, 3.8) is 0 Å². The van der Waals surface area contributed by atoms with Gasteiger partial charge in [-0.2, -0.15) is 0 Å². The van der Waals surface area contributed by atoms with Crippen molar-refractivity contribution in [1.29, 1.82) is 0 Å². The lowest BCUT2D eigenvalue weighted by molar-refractivity contribution is -0.0442. The van der Waals surface area contributed by atoms with Gasteiger partial charge in [0.25, 0.3) is 0 Å². The molecular weight excluding hydrogens is 208 g/mol. The van der Waals surface area contributed by atoms with Crippen molar-refractivity contribution in [2.24, 2.45) is 0 Å². The second-order valence-corrected chi connectivity index (χ2v) is 3.42. The maximum absolute atomic E-state index is 5.49. The molecule has 1 aromatic rings. The quantitative estimate of drug-likeness (QED) is 0.785. The van der Waals surface area contributed by atoms with Crippen molar-refractivity contribution < 1.29 is 18.9 Å². The summed E-state index contributed by atoms with van der Waals surface area (Å²) in [6, 6.07) is 5.70. The number of ether oxygens (including phenoxy) is 4. The van der Waals surface area contributed by atoms with Gasteiger partial charge in [-0.15, -0.1) is 0 Å². The Morgan fingerprint density at radius 2 is 2.00 bits per heavy atom. The van der Waals surface area contributed by atoms with Crippen molar-refractivity contribution in [2.45, 2.75) is 13.2 Å². The summed E-state index contributed by atoms with van der Waals surface area (Å²) >= 11 is 0. The van der Waals surface area contributed by atoms with Crippen LogP contribution in [0.3, 0.4) is 0 Å². The van der Waals surface area contributed by atoms with Crippen LogP contribution in [0.5, 0.6) is 11.5 Å². The second-order valence-electron chi connectivity index (χ2n) is 3.42. The molecule has 0 radical (unpaired) electrons. The molecule has 0 atom stereocenters. The molecule has 16 heavy (non-hydrogen) atoms. The zero-order chi connectivity index (χ0) is 11.4. The predicted octanol–water partition coefficient (Wildman–Crippen LogP) is 2.14. The number of hydrogen-bond donors (Lipinski definition) is 0. The number of hydrogen-bond acceptors (Lipinski definition) is 4. The average molecular weight is 224 g/mol. The number of methoxy groups -OCH3 is 1. The van der Waals surface area contributed by atoms with Crippen molar-refractivity contribution in [2.75, 3.05) is 26.9 Å². The summed E-state index contributed by atoms with van der Waals surface area (Å²) in [4.78, 5) is 0. The fraction of sp³-hybridized carbons (Fsp3) is 0.500. The molecule has 0 saturated carbocycles. The lowest BCUT2D eigenvalue weighted by Crippen LogP contribution is -2.01. The largest absolute Gasteiger partial charge is 0.493 e. The summed E-state index contributed by atoms with van der Waals surface area (Å²) in [5.41, 5.74) is 0.960. The molecule has 1 aliphatic heterocycles. The SMILES string of the molecule is CCOc1cc(C2OCCO2)ccc1OC. The molecule has 0 N–H and O–H groups in total. The molecule has 0 aliphatic carbocycles. The summed E-state index contributed by atoms with van der Waals surface area (Å²) in [7, 11) is 1.63. The van der Waals surface area contributed by atoms with E-state index in [-0.39, 0.29) is 6.29 Å². The van der Waals surface area contributed by atoms with Gasteiger partial charge < -0.3 is 18.9 Å². The van der Waals surface area contributed by atoms with Gasteiger partial charge in [0.05, 0.1) is 26.9 Å². The van der Waals surface area contributed by atoms with Crippen LogP contribution >= 0.6 is 0 Å². The van der Waals surface area contributed by atoms with Gasteiger partial charge in [0, 0.05) is 5.56 Å². The van der Waals surface area contributed by atoms with Crippen LogP contribution in [-0.4, -0.2) is 26.9 Å². The first-order valence-electron chi connectivity index (χ1n) is 5.39. The first-order chi connectivity index (χ1) is 7.85. The Kier molecular flexibility index (Phi) is 3.64. The van der Waals surface area contributed by atoms with Crippen molar-refractivity contribution >= 4 is 0 Å². The molecule has 0 aromatic heterocycles. The van der Waals surface area contributed by atoms with Crippen LogP contribution in [-0.2, 0) is 9.47 Å². The number of benzene rings is 1. The fourth-order valence-corrected chi connectivity index (χ4v) is 1.66.